The van der Waals surface area contributed by atoms with E-state index in [0.29, 0.717) is 5.57 Å². The molecule has 8 nitrogen and oxygen atoms in total. The second kappa shape index (κ2) is 9.68. The number of fused-ring (bicyclic) bond motifs is 2. The average Bonchev–Trinajstić information content (AvgIpc) is 3.29. The summed E-state index contributed by atoms with van der Waals surface area (Å²) >= 11 is 0. The Labute approximate surface area is 168 Å². The van der Waals surface area contributed by atoms with Gasteiger partial charge in [0.25, 0.3) is 0 Å². The van der Waals surface area contributed by atoms with E-state index in [1.165, 1.54) is 12.2 Å². The van der Waals surface area contributed by atoms with Crippen LogP contribution in [0.5, 0.6) is 0 Å². The summed E-state index contributed by atoms with van der Waals surface area (Å²) in [5.74, 6) is 0.265. The molecule has 29 heavy (non-hydrogen) atoms. The highest BCUT2D eigenvalue weighted by Crippen LogP contribution is 2.30. The number of hydrogen-bond acceptors (Lipinski definition) is 7. The Morgan fingerprint density at radius 2 is 1.79 bits per heavy atom. The maximum Gasteiger partial charge on any atom is 0.196 e. The molecular weight excluding hydrogens is 407 g/mol. The van der Waals surface area contributed by atoms with E-state index in [2.05, 4.69) is 41.2 Å². The lowest BCUT2D eigenvalue weighted by atomic mass is 10.2. The van der Waals surface area contributed by atoms with Gasteiger partial charge in [0.05, 0.1) is 11.3 Å². The first-order chi connectivity index (χ1) is 13.6. The van der Waals surface area contributed by atoms with Gasteiger partial charge in [-0.3, -0.25) is 4.79 Å². The van der Waals surface area contributed by atoms with Gasteiger partial charge in [-0.15, -0.1) is 10.2 Å². The first kappa shape index (κ1) is 22.6. The van der Waals surface area contributed by atoms with Crippen LogP contribution in [0.3, 0.4) is 0 Å². The largest absolute Gasteiger partial charge is 0.356 e. The number of aryl methyl sites for hydroxylation is 2. The average molecular weight is 425 g/mol. The third kappa shape index (κ3) is 7.00. The lowest BCUT2D eigenvalue weighted by Gasteiger charge is -2.17. The van der Waals surface area contributed by atoms with Crippen LogP contribution in [0.25, 0.3) is 11.3 Å². The number of hydrogen-bond donors (Lipinski definition) is 0. The van der Waals surface area contributed by atoms with Gasteiger partial charge in [-0.1, -0.05) is 18.2 Å². The second-order valence-electron chi connectivity index (χ2n) is 6.06. The number of carbonyl (C=O) groups is 1. The van der Waals surface area contributed by atoms with E-state index in [4.69, 9.17) is 23.2 Å². The van der Waals surface area contributed by atoms with Gasteiger partial charge < -0.3 is 4.52 Å². The first-order valence-electron chi connectivity index (χ1n) is 8.47. The summed E-state index contributed by atoms with van der Waals surface area (Å²) in [5, 5.41) is 3.87. The Balaban J connectivity index is 0.000000181. The van der Waals surface area contributed by atoms with Crippen molar-refractivity contribution in [2.45, 2.75) is 26.8 Å². The van der Waals surface area contributed by atoms with E-state index in [9.17, 15) is 9.18 Å². The zero-order valence-corrected chi connectivity index (χ0v) is 16.4. The van der Waals surface area contributed by atoms with Crippen molar-refractivity contribution in [3.63, 3.8) is 0 Å². The van der Waals surface area contributed by atoms with E-state index in [1.54, 1.807) is 6.08 Å². The monoisotopic (exact) mass is 424 g/mol. The fraction of sp³-hybridized carbons (Fsp3) is 0.211. The number of halogens is 2. The van der Waals surface area contributed by atoms with Gasteiger partial charge in [0.2, 0.25) is 0 Å². The van der Waals surface area contributed by atoms with E-state index in [-0.39, 0.29) is 11.4 Å². The van der Waals surface area contributed by atoms with Crippen molar-refractivity contribution >= 4 is 5.78 Å². The summed E-state index contributed by atoms with van der Waals surface area (Å²) in [6, 6.07) is 6.05. The lowest BCUT2D eigenvalue weighted by molar-refractivity contribution is -2.00. The van der Waals surface area contributed by atoms with E-state index in [1.807, 2.05) is 13.0 Å². The van der Waals surface area contributed by atoms with Crippen LogP contribution in [0.1, 0.15) is 19.0 Å². The zero-order valence-electron chi connectivity index (χ0n) is 15.6. The molecule has 4 rings (SSSR count). The molecule has 0 atom stereocenters. The number of pyridine rings is 1. The molecule has 2 bridgehead atoms. The van der Waals surface area contributed by atoms with Gasteiger partial charge in [0.1, 0.15) is 12.4 Å². The van der Waals surface area contributed by atoms with Crippen LogP contribution >= 0.6 is 0 Å². The van der Waals surface area contributed by atoms with Crippen molar-refractivity contribution in [1.29, 1.82) is 0 Å². The van der Waals surface area contributed by atoms with Crippen LogP contribution in [-0.2, 0) is 11.3 Å². The molecule has 0 radical (unpaired) electrons. The molecule has 0 spiro atoms. The van der Waals surface area contributed by atoms with Crippen LogP contribution in [0.15, 0.2) is 70.3 Å². The molecule has 2 heterocycles. The smallest absolute Gasteiger partial charge is 0.196 e. The van der Waals surface area contributed by atoms with Crippen molar-refractivity contribution in [3.8, 4) is 11.3 Å². The van der Waals surface area contributed by atoms with E-state index < -0.39 is 16.1 Å². The first-order valence-corrected chi connectivity index (χ1v) is 9.70. The molecular formula is C19H18ClFN2O6. The molecule has 0 fully saturated rings. The number of allylic oxidation sites excluding steroid dienone is 6. The van der Waals surface area contributed by atoms with E-state index >= 15 is 0 Å². The number of carbonyl (C=O) groups excluding carboxylic acids is 1. The molecule has 0 aromatic carbocycles. The quantitative estimate of drug-likeness (QED) is 0.568. The van der Waals surface area contributed by atoms with Gasteiger partial charge in [-0.25, -0.2) is 27.6 Å². The molecule has 10 heteroatoms. The summed E-state index contributed by atoms with van der Waals surface area (Å²) in [6.07, 6.45) is 9.67. The molecule has 0 saturated carbocycles. The number of ketones is 1. The van der Waals surface area contributed by atoms with Crippen LogP contribution in [0.2, 0.25) is 0 Å². The Morgan fingerprint density at radius 3 is 2.14 bits per heavy atom. The van der Waals surface area contributed by atoms with Crippen LogP contribution < -0.4 is 23.2 Å². The molecule has 2 aliphatic rings. The minimum absolute atomic E-state index is 0.174. The van der Waals surface area contributed by atoms with Crippen molar-refractivity contribution in [2.75, 3.05) is 0 Å². The normalized spacial score (nSPS) is 14.3. The minimum Gasteiger partial charge on any atom is -0.356 e. The standard InChI is InChI=1S/C12H15N2O.C7H3FO.ClHO4/c1-3-6-14-7-4-11(5-8-14)12-9-10(2)13-15-12;8-6-3-4-1-2-5(6)7(4)9;2-1(3,4)5/h4-5,7-9H,3,6H2,1-2H3;1-3H;(H,2,3,4,5)/q+1;;/p-1. The zero-order chi connectivity index (χ0) is 21.6. The summed E-state index contributed by atoms with van der Waals surface area (Å²) in [6.45, 7) is 5.14. The van der Waals surface area contributed by atoms with Gasteiger partial charge in [-0.2, -0.15) is 0 Å². The number of Topliss-reactive ketones (excluding diaryl/α,β-unsaturated/α-hetero) is 1. The van der Waals surface area contributed by atoms with Crippen molar-refractivity contribution in [1.82, 2.24) is 5.16 Å². The van der Waals surface area contributed by atoms with Crippen molar-refractivity contribution in [2.24, 2.45) is 0 Å². The maximum absolute atomic E-state index is 12.4. The SMILES string of the molecule is CCC[n+]1ccc(-c2cc(C)no2)cc1.O=C1C2=CC(F)=C1C=C2.[O-][Cl+3]([O-])([O-])[O-]. The Hall–Kier alpha value is -2.69. The Bertz CT molecular complexity index is 952. The van der Waals surface area contributed by atoms with E-state index in [0.717, 1.165) is 30.0 Å². The molecule has 154 valence electrons. The number of rotatable bonds is 3. The highest BCUT2D eigenvalue weighted by molar-refractivity contribution is 6.18. The maximum atomic E-state index is 12.4. The van der Waals surface area contributed by atoms with Gasteiger partial charge in [0.15, 0.2) is 23.9 Å². The van der Waals surface area contributed by atoms with Gasteiger partial charge >= 0.3 is 0 Å². The van der Waals surface area contributed by atoms with Crippen molar-refractivity contribution in [3.05, 3.63) is 71.5 Å². The van der Waals surface area contributed by atoms with Gasteiger partial charge in [0, 0.05) is 35.8 Å². The third-order valence-corrected chi connectivity index (χ3v) is 3.76. The fourth-order valence-electron chi connectivity index (χ4n) is 2.52. The molecule has 0 N–H and O–H groups in total. The highest BCUT2D eigenvalue weighted by atomic mass is 35.7. The minimum atomic E-state index is -4.94. The Morgan fingerprint density at radius 1 is 1.17 bits per heavy atom. The topological polar surface area (TPSA) is 139 Å². The molecule has 0 unspecified atom stereocenters. The lowest BCUT2D eigenvalue weighted by Crippen LogP contribution is -2.68. The molecule has 2 aromatic heterocycles. The fourth-order valence-corrected chi connectivity index (χ4v) is 2.52. The molecule has 0 amide bonds. The molecule has 2 aromatic rings. The van der Waals surface area contributed by atoms with Gasteiger partial charge in [-0.05, 0) is 19.1 Å². The molecule has 2 aliphatic carbocycles. The summed E-state index contributed by atoms with van der Waals surface area (Å²) in [4.78, 5) is 10.7. The predicted molar refractivity (Wildman–Crippen MR) is 87.5 cm³/mol. The highest BCUT2D eigenvalue weighted by Gasteiger charge is 2.26. The summed E-state index contributed by atoms with van der Waals surface area (Å²) in [5.41, 5.74) is 2.67. The van der Waals surface area contributed by atoms with Crippen LogP contribution in [0, 0.1) is 17.2 Å². The summed E-state index contributed by atoms with van der Waals surface area (Å²) in [7, 11) is -4.94. The van der Waals surface area contributed by atoms with Crippen LogP contribution in [-0.4, -0.2) is 10.9 Å². The summed E-state index contributed by atoms with van der Waals surface area (Å²) < 4.78 is 53.7. The second-order valence-corrected chi connectivity index (χ2v) is 6.81. The Kier molecular flexibility index (Phi) is 7.54. The number of nitrogens with zero attached hydrogens (tertiary/aromatic N) is 2. The van der Waals surface area contributed by atoms with Crippen LogP contribution in [0.4, 0.5) is 4.39 Å². The van der Waals surface area contributed by atoms with Crippen molar-refractivity contribution < 1.29 is 47.2 Å². The predicted octanol–water partition coefficient (Wildman–Crippen LogP) is -1.12. The third-order valence-electron chi connectivity index (χ3n) is 3.76. The molecule has 0 saturated heterocycles. The number of aromatic nitrogens is 2. The molecule has 0 aliphatic heterocycles.